The molecule has 1 unspecified atom stereocenters. The summed E-state index contributed by atoms with van der Waals surface area (Å²) < 4.78 is 40.3. The second kappa shape index (κ2) is 25.1. The van der Waals surface area contributed by atoms with Crippen LogP contribution in [-0.4, -0.2) is 59.2 Å². The van der Waals surface area contributed by atoms with Crippen LogP contribution in [0.2, 0.25) is 0 Å². The van der Waals surface area contributed by atoms with Gasteiger partial charge in [-0.3, -0.25) is 0 Å². The number of alkyl carbamates (subject to hydrolysis) is 2. The van der Waals surface area contributed by atoms with Crippen molar-refractivity contribution in [2.45, 2.75) is 129 Å². The number of hydrogen-bond donors (Lipinski definition) is 3. The van der Waals surface area contributed by atoms with Crippen LogP contribution in [0.4, 0.5) is 9.59 Å². The van der Waals surface area contributed by atoms with E-state index in [1.807, 2.05) is 47.2 Å². The predicted octanol–water partition coefficient (Wildman–Crippen LogP) is 7.15. The molecule has 0 fully saturated rings. The van der Waals surface area contributed by atoms with Gasteiger partial charge in [-0.1, -0.05) is 115 Å². The lowest BCUT2D eigenvalue weighted by Gasteiger charge is -2.18. The van der Waals surface area contributed by atoms with E-state index in [-0.39, 0.29) is 18.9 Å². The smallest absolute Gasteiger partial charge is 0.407 e. The molecule has 1 atom stereocenters. The van der Waals surface area contributed by atoms with Crippen LogP contribution in [0, 0.1) is 0 Å². The molecule has 2 amide bonds. The number of sulfonamides is 1. The minimum Gasteiger partial charge on any atom is -0.446 e. The summed E-state index contributed by atoms with van der Waals surface area (Å²) in [7, 11) is -2.25. The van der Waals surface area contributed by atoms with E-state index in [2.05, 4.69) is 22.3 Å². The maximum atomic E-state index is 12.7. The van der Waals surface area contributed by atoms with Gasteiger partial charge in [0, 0.05) is 37.5 Å². The minimum absolute atomic E-state index is 0.101. The Balaban J connectivity index is 1.54. The summed E-state index contributed by atoms with van der Waals surface area (Å²) in [5, 5.41) is 6.14. The summed E-state index contributed by atoms with van der Waals surface area (Å²) in [4.78, 5) is 24.0. The zero-order valence-corrected chi connectivity index (χ0v) is 29.8. The third kappa shape index (κ3) is 19.5. The third-order valence-electron chi connectivity index (χ3n) is 8.31. The van der Waals surface area contributed by atoms with Crippen molar-refractivity contribution in [3.8, 4) is 0 Å². The van der Waals surface area contributed by atoms with Crippen molar-refractivity contribution in [3.63, 3.8) is 0 Å². The number of aromatic nitrogens is 1. The SMILES string of the molecule is CCCCCCCCCCCCCCCCCCNC(=O)OCC(CNS(=O)(=O)CCC[n+]1cccc2ccccc21)OC(=O)NC. The van der Waals surface area contributed by atoms with Gasteiger partial charge in [0.2, 0.25) is 15.5 Å². The molecule has 0 aliphatic carbocycles. The number of nitrogens with zero attached hydrogens (tertiary/aromatic N) is 1. The highest BCUT2D eigenvalue weighted by Gasteiger charge is 2.20. The molecule has 0 radical (unpaired) electrons. The number of nitrogens with one attached hydrogen (secondary N) is 3. The topological polar surface area (TPSA) is 127 Å². The van der Waals surface area contributed by atoms with Crippen molar-refractivity contribution < 1.29 is 32.0 Å². The fourth-order valence-corrected chi connectivity index (χ4v) is 6.65. The van der Waals surface area contributed by atoms with Crippen molar-refractivity contribution in [1.29, 1.82) is 0 Å². The number of unbranched alkanes of at least 4 members (excludes halogenated alkanes) is 15. The van der Waals surface area contributed by atoms with Crippen molar-refractivity contribution in [1.82, 2.24) is 15.4 Å². The number of hydrogen-bond acceptors (Lipinski definition) is 6. The number of carbonyl (C=O) groups is 2. The predicted molar refractivity (Wildman–Crippen MR) is 189 cm³/mol. The summed E-state index contributed by atoms with van der Waals surface area (Å²) in [5.41, 5.74) is 1.03. The van der Waals surface area contributed by atoms with Crippen LogP contribution in [0.1, 0.15) is 116 Å². The maximum Gasteiger partial charge on any atom is 0.407 e. The molecule has 0 aliphatic heterocycles. The first-order valence-corrected chi connectivity index (χ1v) is 19.6. The molecule has 1 heterocycles. The van der Waals surface area contributed by atoms with Crippen LogP contribution in [0.5, 0.6) is 0 Å². The number of benzene rings is 1. The molecule has 11 heteroatoms. The highest BCUT2D eigenvalue weighted by atomic mass is 32.2. The van der Waals surface area contributed by atoms with Crippen LogP contribution in [0.3, 0.4) is 0 Å². The summed E-state index contributed by atoms with van der Waals surface area (Å²) in [6.07, 6.45) is 20.6. The van der Waals surface area contributed by atoms with E-state index in [1.165, 1.54) is 90.5 Å². The molecule has 2 rings (SSSR count). The van der Waals surface area contributed by atoms with Crippen LogP contribution in [0.25, 0.3) is 10.9 Å². The normalized spacial score (nSPS) is 12.1. The maximum absolute atomic E-state index is 12.7. The molecule has 0 spiro atoms. The van der Waals surface area contributed by atoms with Gasteiger partial charge in [-0.2, -0.15) is 4.57 Å². The Bertz CT molecular complexity index is 1240. The average Bonchev–Trinajstić information content (AvgIpc) is 3.07. The second-order valence-corrected chi connectivity index (χ2v) is 14.3. The van der Waals surface area contributed by atoms with E-state index in [9.17, 15) is 18.0 Å². The lowest BCUT2D eigenvalue weighted by atomic mass is 10.0. The van der Waals surface area contributed by atoms with Gasteiger partial charge in [0.25, 0.3) is 0 Å². The Hall–Kier alpha value is -2.92. The van der Waals surface area contributed by atoms with Crippen molar-refractivity contribution in [2.75, 3.05) is 32.5 Å². The Morgan fingerprint density at radius 3 is 1.96 bits per heavy atom. The monoisotopic (exact) mass is 677 g/mol. The Kier molecular flexibility index (Phi) is 21.5. The van der Waals surface area contributed by atoms with Crippen LogP contribution < -0.4 is 19.9 Å². The van der Waals surface area contributed by atoms with Gasteiger partial charge < -0.3 is 20.1 Å². The molecular formula is C36H61N4O6S+. The lowest BCUT2D eigenvalue weighted by molar-refractivity contribution is -0.671. The zero-order chi connectivity index (χ0) is 34.0. The number of carbonyl (C=O) groups excluding carboxylic acids is 2. The van der Waals surface area contributed by atoms with Crippen LogP contribution in [-0.2, 0) is 26.0 Å². The standard InChI is InChI=1S/C36H60N4O6S/c1-3-4-5-6-7-8-9-10-11-12-13-14-15-16-17-20-26-38-36(42)45-31-33(46-35(41)37-2)30-39-47(43,44)29-22-28-40-27-21-24-32-23-18-19-25-34(32)40/h18-19,21,23-25,27,33,39H,3-17,20,22,26,28-31H2,1-2H3,(H-,37,38,41,42)/p+1. The van der Waals surface area contributed by atoms with E-state index in [0.717, 1.165) is 30.2 Å². The number of ether oxygens (including phenoxy) is 2. The first-order chi connectivity index (χ1) is 22.8. The van der Waals surface area contributed by atoms with Crippen molar-refractivity contribution in [2.24, 2.45) is 0 Å². The van der Waals surface area contributed by atoms with Crippen LogP contribution in [0.15, 0.2) is 42.6 Å². The van der Waals surface area contributed by atoms with Crippen LogP contribution >= 0.6 is 0 Å². The average molecular weight is 678 g/mol. The number of fused-ring (bicyclic) bond motifs is 1. The molecule has 266 valence electrons. The Morgan fingerprint density at radius 1 is 0.766 bits per heavy atom. The molecule has 0 saturated heterocycles. The van der Waals surface area contributed by atoms with Gasteiger partial charge in [0.15, 0.2) is 12.3 Å². The molecule has 10 nitrogen and oxygen atoms in total. The highest BCUT2D eigenvalue weighted by molar-refractivity contribution is 7.89. The summed E-state index contributed by atoms with van der Waals surface area (Å²) in [5.74, 6) is -0.101. The van der Waals surface area contributed by atoms with Gasteiger partial charge >= 0.3 is 12.2 Å². The second-order valence-electron chi connectivity index (χ2n) is 12.4. The molecule has 47 heavy (non-hydrogen) atoms. The Morgan fingerprint density at radius 2 is 1.34 bits per heavy atom. The summed E-state index contributed by atoms with van der Waals surface area (Å²) in [6, 6.07) is 11.9. The van der Waals surface area contributed by atoms with Gasteiger partial charge in [-0.05, 0) is 18.6 Å². The quantitative estimate of drug-likeness (QED) is 0.0681. The minimum atomic E-state index is -3.65. The molecule has 0 saturated carbocycles. The van der Waals surface area contributed by atoms with Gasteiger partial charge in [0.05, 0.1) is 12.3 Å². The zero-order valence-electron chi connectivity index (χ0n) is 29.0. The van der Waals surface area contributed by atoms with E-state index in [1.54, 1.807) is 0 Å². The van der Waals surface area contributed by atoms with E-state index in [4.69, 9.17) is 9.47 Å². The number of para-hydroxylation sites is 1. The number of amides is 2. The summed E-state index contributed by atoms with van der Waals surface area (Å²) in [6.45, 7) is 2.82. The molecular weight excluding hydrogens is 616 g/mol. The van der Waals surface area contributed by atoms with Gasteiger partial charge in [-0.15, -0.1) is 0 Å². The molecule has 0 aliphatic rings. The van der Waals surface area contributed by atoms with Gasteiger partial charge in [0.1, 0.15) is 13.2 Å². The van der Waals surface area contributed by atoms with Gasteiger partial charge in [-0.25, -0.2) is 22.7 Å². The number of pyridine rings is 1. The largest absolute Gasteiger partial charge is 0.446 e. The Labute approximate surface area is 283 Å². The van der Waals surface area contributed by atoms with Crippen molar-refractivity contribution >= 4 is 33.1 Å². The first kappa shape index (κ1) is 40.3. The fourth-order valence-electron chi connectivity index (χ4n) is 5.56. The molecule has 1 aromatic carbocycles. The van der Waals surface area contributed by atoms with E-state index >= 15 is 0 Å². The van der Waals surface area contributed by atoms with E-state index < -0.39 is 28.3 Å². The lowest BCUT2D eigenvalue weighted by Crippen LogP contribution is -2.42. The fraction of sp³-hybridized carbons (Fsp3) is 0.694. The summed E-state index contributed by atoms with van der Waals surface area (Å²) >= 11 is 0. The molecule has 1 aromatic heterocycles. The van der Waals surface area contributed by atoms with Crippen molar-refractivity contribution in [3.05, 3.63) is 42.6 Å². The highest BCUT2D eigenvalue weighted by Crippen LogP contribution is 2.14. The number of aryl methyl sites for hydroxylation is 1. The molecule has 3 N–H and O–H groups in total. The first-order valence-electron chi connectivity index (χ1n) is 18.0. The molecule has 2 aromatic rings. The molecule has 0 bridgehead atoms. The number of rotatable bonds is 27. The third-order valence-corrected chi connectivity index (χ3v) is 9.74. The van der Waals surface area contributed by atoms with E-state index in [0.29, 0.717) is 19.5 Å².